The SMILES string of the molecule is CN=C(NCC(C)(C)c1ccccc1Cl)N1CCC(C)C(n2ccnc2)C1. The zero-order chi connectivity index (χ0) is 19.4. The summed E-state index contributed by atoms with van der Waals surface area (Å²) in [6.45, 7) is 9.45. The van der Waals surface area contributed by atoms with Gasteiger partial charge in [0.05, 0.1) is 12.4 Å². The fraction of sp³-hybridized carbons (Fsp3) is 0.524. The molecule has 146 valence electrons. The Kier molecular flexibility index (Phi) is 6.10. The molecule has 27 heavy (non-hydrogen) atoms. The molecule has 1 aromatic carbocycles. The van der Waals surface area contributed by atoms with Crippen molar-refractivity contribution in [1.29, 1.82) is 0 Å². The maximum Gasteiger partial charge on any atom is 0.193 e. The van der Waals surface area contributed by atoms with Crippen LogP contribution in [-0.4, -0.2) is 47.1 Å². The standard InChI is InChI=1S/C21H30ClN5/c1-16-9-11-26(13-19(16)27-12-10-24-15-27)20(23-4)25-14-21(2,3)17-7-5-6-8-18(17)22/h5-8,10,12,15-16,19H,9,11,13-14H2,1-4H3,(H,23,25). The molecule has 6 heteroatoms. The van der Waals surface area contributed by atoms with E-state index in [0.29, 0.717) is 12.0 Å². The molecule has 0 saturated carbocycles. The van der Waals surface area contributed by atoms with Gasteiger partial charge in [-0.05, 0) is 24.0 Å². The summed E-state index contributed by atoms with van der Waals surface area (Å²) in [5, 5.41) is 4.39. The number of rotatable bonds is 4. The zero-order valence-corrected chi connectivity index (χ0v) is 17.4. The number of aromatic nitrogens is 2. The smallest absolute Gasteiger partial charge is 0.193 e. The topological polar surface area (TPSA) is 45.5 Å². The van der Waals surface area contributed by atoms with Crippen LogP contribution in [0.5, 0.6) is 0 Å². The normalized spacial score (nSPS) is 21.4. The highest BCUT2D eigenvalue weighted by atomic mass is 35.5. The molecule has 1 aliphatic heterocycles. The molecular weight excluding hydrogens is 358 g/mol. The number of likely N-dealkylation sites (tertiary alicyclic amines) is 1. The Hall–Kier alpha value is -2.01. The summed E-state index contributed by atoms with van der Waals surface area (Å²) in [6, 6.07) is 8.48. The highest BCUT2D eigenvalue weighted by molar-refractivity contribution is 6.31. The summed E-state index contributed by atoms with van der Waals surface area (Å²) in [4.78, 5) is 11.1. The van der Waals surface area contributed by atoms with Gasteiger partial charge in [0, 0.05) is 49.5 Å². The van der Waals surface area contributed by atoms with Crippen molar-refractivity contribution in [2.24, 2.45) is 10.9 Å². The van der Waals surface area contributed by atoms with Gasteiger partial charge < -0.3 is 14.8 Å². The van der Waals surface area contributed by atoms with Gasteiger partial charge in [-0.2, -0.15) is 0 Å². The number of halogens is 1. The number of benzene rings is 1. The summed E-state index contributed by atoms with van der Waals surface area (Å²) in [5.74, 6) is 1.57. The summed E-state index contributed by atoms with van der Waals surface area (Å²) in [7, 11) is 1.86. The van der Waals surface area contributed by atoms with E-state index in [9.17, 15) is 0 Å². The van der Waals surface area contributed by atoms with Crippen LogP contribution in [0.4, 0.5) is 0 Å². The quantitative estimate of drug-likeness (QED) is 0.637. The van der Waals surface area contributed by atoms with E-state index in [1.54, 1.807) is 0 Å². The Bertz CT molecular complexity index is 769. The minimum Gasteiger partial charge on any atom is -0.355 e. The van der Waals surface area contributed by atoms with Crippen molar-refractivity contribution in [3.05, 3.63) is 53.6 Å². The van der Waals surface area contributed by atoms with E-state index in [0.717, 1.165) is 42.6 Å². The molecule has 1 saturated heterocycles. The predicted molar refractivity (Wildman–Crippen MR) is 112 cm³/mol. The lowest BCUT2D eigenvalue weighted by molar-refractivity contribution is 0.188. The van der Waals surface area contributed by atoms with Crippen molar-refractivity contribution >= 4 is 17.6 Å². The van der Waals surface area contributed by atoms with Gasteiger partial charge >= 0.3 is 0 Å². The third kappa shape index (κ3) is 4.46. The average Bonchev–Trinajstić information content (AvgIpc) is 3.18. The van der Waals surface area contributed by atoms with Gasteiger partial charge in [-0.25, -0.2) is 4.98 Å². The molecule has 2 aromatic rings. The Morgan fingerprint density at radius 3 is 2.81 bits per heavy atom. The van der Waals surface area contributed by atoms with Crippen molar-refractivity contribution < 1.29 is 0 Å². The average molecular weight is 388 g/mol. The highest BCUT2D eigenvalue weighted by Gasteiger charge is 2.30. The van der Waals surface area contributed by atoms with E-state index in [4.69, 9.17) is 11.6 Å². The van der Waals surface area contributed by atoms with Crippen LogP contribution in [0.2, 0.25) is 5.02 Å². The molecule has 2 heterocycles. The molecule has 0 bridgehead atoms. The Labute approximate surface area is 167 Å². The lowest BCUT2D eigenvalue weighted by Gasteiger charge is -2.40. The van der Waals surface area contributed by atoms with E-state index in [1.165, 1.54) is 0 Å². The van der Waals surface area contributed by atoms with Crippen LogP contribution < -0.4 is 5.32 Å². The van der Waals surface area contributed by atoms with Gasteiger partial charge in [0.2, 0.25) is 0 Å². The molecule has 0 radical (unpaired) electrons. The lowest BCUT2D eigenvalue weighted by Crippen LogP contribution is -2.51. The maximum atomic E-state index is 6.42. The maximum absolute atomic E-state index is 6.42. The van der Waals surface area contributed by atoms with Crippen molar-refractivity contribution in [2.45, 2.75) is 38.6 Å². The first-order valence-corrected chi connectivity index (χ1v) is 9.98. The molecule has 1 aromatic heterocycles. The van der Waals surface area contributed by atoms with Gasteiger partial charge in [0.15, 0.2) is 5.96 Å². The second-order valence-corrected chi connectivity index (χ2v) is 8.46. The molecule has 0 amide bonds. The number of nitrogens with one attached hydrogen (secondary N) is 1. The Morgan fingerprint density at radius 2 is 2.15 bits per heavy atom. The summed E-state index contributed by atoms with van der Waals surface area (Å²) < 4.78 is 2.22. The Balaban J connectivity index is 1.68. The van der Waals surface area contributed by atoms with Crippen molar-refractivity contribution in [2.75, 3.05) is 26.7 Å². The number of aliphatic imine (C=N–C) groups is 1. The van der Waals surface area contributed by atoms with E-state index in [2.05, 4.69) is 57.8 Å². The van der Waals surface area contributed by atoms with Crippen LogP contribution in [0.1, 0.15) is 38.8 Å². The third-order valence-corrected chi connectivity index (χ3v) is 5.96. The van der Waals surface area contributed by atoms with Crippen molar-refractivity contribution in [3.8, 4) is 0 Å². The fourth-order valence-electron chi connectivity index (χ4n) is 3.83. The van der Waals surface area contributed by atoms with E-state index >= 15 is 0 Å². The van der Waals surface area contributed by atoms with E-state index < -0.39 is 0 Å². The van der Waals surface area contributed by atoms with Crippen LogP contribution in [-0.2, 0) is 5.41 Å². The van der Waals surface area contributed by atoms with Crippen LogP contribution >= 0.6 is 11.6 Å². The third-order valence-electron chi connectivity index (χ3n) is 5.63. The highest BCUT2D eigenvalue weighted by Crippen LogP contribution is 2.30. The van der Waals surface area contributed by atoms with E-state index in [1.807, 2.05) is 37.8 Å². The largest absolute Gasteiger partial charge is 0.355 e. The number of imidazole rings is 1. The van der Waals surface area contributed by atoms with Gasteiger partial charge in [-0.15, -0.1) is 0 Å². The molecule has 1 aliphatic rings. The van der Waals surface area contributed by atoms with Crippen LogP contribution in [0.3, 0.4) is 0 Å². The molecule has 1 fully saturated rings. The summed E-state index contributed by atoms with van der Waals surface area (Å²) >= 11 is 6.42. The molecule has 0 aliphatic carbocycles. The molecule has 3 rings (SSSR count). The summed E-state index contributed by atoms with van der Waals surface area (Å²) in [5.41, 5.74) is 1.05. The van der Waals surface area contributed by atoms with Crippen molar-refractivity contribution in [1.82, 2.24) is 19.8 Å². The van der Waals surface area contributed by atoms with Gasteiger partial charge in [0.25, 0.3) is 0 Å². The number of hydrogen-bond acceptors (Lipinski definition) is 2. The van der Waals surface area contributed by atoms with Gasteiger partial charge in [-0.1, -0.05) is 50.6 Å². The minimum atomic E-state index is -0.0961. The molecule has 5 nitrogen and oxygen atoms in total. The summed E-state index contributed by atoms with van der Waals surface area (Å²) in [6.07, 6.45) is 6.96. The first-order chi connectivity index (χ1) is 12.9. The van der Waals surface area contributed by atoms with Crippen LogP contribution in [0.25, 0.3) is 0 Å². The first-order valence-electron chi connectivity index (χ1n) is 9.60. The van der Waals surface area contributed by atoms with Gasteiger partial charge in [-0.3, -0.25) is 4.99 Å². The molecular formula is C21H30ClN5. The zero-order valence-electron chi connectivity index (χ0n) is 16.7. The monoisotopic (exact) mass is 387 g/mol. The number of hydrogen-bond donors (Lipinski definition) is 1. The minimum absolute atomic E-state index is 0.0961. The van der Waals surface area contributed by atoms with Gasteiger partial charge in [0.1, 0.15) is 0 Å². The fourth-order valence-corrected chi connectivity index (χ4v) is 4.22. The second-order valence-electron chi connectivity index (χ2n) is 8.05. The number of guanidine groups is 1. The van der Waals surface area contributed by atoms with Crippen molar-refractivity contribution in [3.63, 3.8) is 0 Å². The molecule has 2 atom stereocenters. The number of nitrogens with zero attached hydrogens (tertiary/aromatic N) is 4. The second kappa shape index (κ2) is 8.34. The predicted octanol–water partition coefficient (Wildman–Crippen LogP) is 3.97. The Morgan fingerprint density at radius 1 is 1.37 bits per heavy atom. The molecule has 2 unspecified atom stereocenters. The number of piperidine rings is 1. The van der Waals surface area contributed by atoms with E-state index in [-0.39, 0.29) is 5.41 Å². The molecule has 0 spiro atoms. The van der Waals surface area contributed by atoms with Crippen LogP contribution in [0, 0.1) is 5.92 Å². The first kappa shape index (κ1) is 19.7. The lowest BCUT2D eigenvalue weighted by atomic mass is 9.84. The van der Waals surface area contributed by atoms with Crippen LogP contribution in [0.15, 0.2) is 48.0 Å². The molecule has 1 N–H and O–H groups in total.